The molecule has 0 spiro atoms. The van der Waals surface area contributed by atoms with Crippen molar-refractivity contribution >= 4 is 79.2 Å². The summed E-state index contributed by atoms with van der Waals surface area (Å²) < 4.78 is 3.54. The van der Waals surface area contributed by atoms with Crippen molar-refractivity contribution in [3.63, 3.8) is 0 Å². The van der Waals surface area contributed by atoms with E-state index in [0.29, 0.717) is 50.9 Å². The SMILES string of the molecule is CCN(C(=O)Cn1c(C(=O)N=C2CCC(C(=O)NCCCC(=O)O)CC2)cc2sccc21)c1cccc(CI)c1. The lowest BCUT2D eigenvalue weighted by Crippen LogP contribution is -2.34. The fraction of sp³-hybridized carbons (Fsp3) is 0.414. The molecule has 1 aliphatic rings. The number of nitrogens with zero attached hydrogens (tertiary/aromatic N) is 3. The van der Waals surface area contributed by atoms with E-state index in [4.69, 9.17) is 5.11 Å². The van der Waals surface area contributed by atoms with Gasteiger partial charge >= 0.3 is 5.97 Å². The first-order valence-electron chi connectivity index (χ1n) is 13.4. The highest BCUT2D eigenvalue weighted by atomic mass is 127. The Kier molecular flexibility index (Phi) is 10.5. The molecule has 2 aromatic heterocycles. The van der Waals surface area contributed by atoms with Gasteiger partial charge in [0.1, 0.15) is 12.2 Å². The number of hydrogen-bond donors (Lipinski definition) is 2. The number of hydrogen-bond acceptors (Lipinski definition) is 5. The number of alkyl halides is 1. The molecule has 0 atom stereocenters. The molecule has 3 aromatic rings. The summed E-state index contributed by atoms with van der Waals surface area (Å²) in [5, 5.41) is 13.5. The lowest BCUT2D eigenvalue weighted by atomic mass is 9.87. The van der Waals surface area contributed by atoms with Crippen molar-refractivity contribution < 1.29 is 24.3 Å². The number of carbonyl (C=O) groups is 4. The molecular formula is C29H33IN4O5S. The van der Waals surface area contributed by atoms with E-state index in [-0.39, 0.29) is 36.6 Å². The predicted molar refractivity (Wildman–Crippen MR) is 166 cm³/mol. The van der Waals surface area contributed by atoms with Gasteiger partial charge < -0.3 is 19.9 Å². The molecule has 1 aromatic carbocycles. The van der Waals surface area contributed by atoms with Gasteiger partial charge in [0.25, 0.3) is 5.91 Å². The normalized spacial score (nSPS) is 15.2. The number of aromatic nitrogens is 1. The van der Waals surface area contributed by atoms with E-state index >= 15 is 0 Å². The van der Waals surface area contributed by atoms with Crippen LogP contribution in [0.2, 0.25) is 0 Å². The number of aliphatic imine (C=N–C) groups is 1. The number of nitrogens with one attached hydrogen (secondary N) is 1. The Hall–Kier alpha value is -3.06. The maximum absolute atomic E-state index is 13.5. The second-order valence-corrected chi connectivity index (χ2v) is 11.5. The van der Waals surface area contributed by atoms with Gasteiger partial charge in [-0.2, -0.15) is 0 Å². The van der Waals surface area contributed by atoms with Crippen LogP contribution in [0.5, 0.6) is 0 Å². The molecule has 1 aliphatic carbocycles. The first kappa shape index (κ1) is 29.9. The second kappa shape index (κ2) is 14.0. The molecule has 0 aliphatic heterocycles. The third kappa shape index (κ3) is 7.36. The van der Waals surface area contributed by atoms with Crippen molar-refractivity contribution in [1.82, 2.24) is 9.88 Å². The Morgan fingerprint density at radius 1 is 1.18 bits per heavy atom. The summed E-state index contributed by atoms with van der Waals surface area (Å²) in [6.07, 6.45) is 2.69. The molecule has 2 heterocycles. The lowest BCUT2D eigenvalue weighted by molar-refractivity contribution is -0.137. The Labute approximate surface area is 250 Å². The average molecular weight is 677 g/mol. The standard InChI is InChI=1S/C29H33IN4O5S/c1-2-33(22-6-3-5-19(15-22)17-30)26(35)18-34-23-12-14-40-25(23)16-24(34)29(39)32-21-10-8-20(9-11-21)28(38)31-13-4-7-27(36)37/h3,5-6,12,14-16,20H,2,4,7-11,13,17-18H2,1H3,(H,31,38)(H,36,37). The van der Waals surface area contributed by atoms with Crippen LogP contribution in [0.4, 0.5) is 5.69 Å². The van der Waals surface area contributed by atoms with Crippen LogP contribution in [0.25, 0.3) is 10.2 Å². The number of fused-ring (bicyclic) bond motifs is 1. The number of anilines is 1. The van der Waals surface area contributed by atoms with Crippen molar-refractivity contribution in [1.29, 1.82) is 0 Å². The highest BCUT2D eigenvalue weighted by Crippen LogP contribution is 2.28. The Morgan fingerprint density at radius 3 is 2.65 bits per heavy atom. The number of rotatable bonds is 11. The first-order chi connectivity index (χ1) is 19.3. The number of benzene rings is 1. The van der Waals surface area contributed by atoms with Gasteiger partial charge in [-0.15, -0.1) is 11.3 Å². The van der Waals surface area contributed by atoms with E-state index in [9.17, 15) is 19.2 Å². The van der Waals surface area contributed by atoms with E-state index in [2.05, 4.69) is 32.9 Å². The van der Waals surface area contributed by atoms with Crippen LogP contribution in [0.3, 0.4) is 0 Å². The van der Waals surface area contributed by atoms with Gasteiger partial charge in [-0.3, -0.25) is 19.2 Å². The second-order valence-electron chi connectivity index (χ2n) is 9.77. The minimum atomic E-state index is -0.878. The molecule has 0 unspecified atom stereocenters. The van der Waals surface area contributed by atoms with Gasteiger partial charge in [0.05, 0.1) is 10.2 Å². The quantitative estimate of drug-likeness (QED) is 0.159. The summed E-state index contributed by atoms with van der Waals surface area (Å²) in [7, 11) is 0. The molecule has 1 fully saturated rings. The van der Waals surface area contributed by atoms with Gasteiger partial charge in [-0.1, -0.05) is 34.7 Å². The number of carboxylic acids is 1. The fourth-order valence-electron chi connectivity index (χ4n) is 4.98. The highest BCUT2D eigenvalue weighted by molar-refractivity contribution is 14.1. The summed E-state index contributed by atoms with van der Waals surface area (Å²) in [5.41, 5.74) is 3.96. The van der Waals surface area contributed by atoms with E-state index in [1.165, 1.54) is 11.3 Å². The summed E-state index contributed by atoms with van der Waals surface area (Å²) in [4.78, 5) is 56.1. The molecule has 2 N–H and O–H groups in total. The highest BCUT2D eigenvalue weighted by Gasteiger charge is 2.26. The number of likely N-dealkylation sites (N-methyl/N-ethyl adjacent to an activating group) is 1. The molecule has 9 nitrogen and oxygen atoms in total. The predicted octanol–water partition coefficient (Wildman–Crippen LogP) is 5.44. The Morgan fingerprint density at radius 2 is 1.95 bits per heavy atom. The molecular weight excluding hydrogens is 643 g/mol. The zero-order valence-electron chi connectivity index (χ0n) is 22.4. The maximum atomic E-state index is 13.5. The number of halogens is 1. The zero-order chi connectivity index (χ0) is 28.6. The van der Waals surface area contributed by atoms with Crippen molar-refractivity contribution in [3.8, 4) is 0 Å². The summed E-state index contributed by atoms with van der Waals surface area (Å²) >= 11 is 3.82. The zero-order valence-corrected chi connectivity index (χ0v) is 25.4. The molecule has 212 valence electrons. The van der Waals surface area contributed by atoms with E-state index in [0.717, 1.165) is 31.6 Å². The Balaban J connectivity index is 1.44. The third-order valence-electron chi connectivity index (χ3n) is 7.09. The van der Waals surface area contributed by atoms with Crippen molar-refractivity contribution in [2.45, 2.75) is 56.4 Å². The van der Waals surface area contributed by atoms with Gasteiger partial charge in [-0.25, -0.2) is 4.99 Å². The smallest absolute Gasteiger partial charge is 0.303 e. The molecule has 0 saturated heterocycles. The van der Waals surface area contributed by atoms with E-state index in [1.54, 1.807) is 9.47 Å². The lowest BCUT2D eigenvalue weighted by Gasteiger charge is -2.23. The monoisotopic (exact) mass is 676 g/mol. The van der Waals surface area contributed by atoms with Crippen LogP contribution in [0.15, 0.2) is 46.8 Å². The van der Waals surface area contributed by atoms with Gasteiger partial charge in [-0.05, 0) is 74.2 Å². The Bertz CT molecular complexity index is 1420. The van der Waals surface area contributed by atoms with Crippen molar-refractivity contribution in [3.05, 3.63) is 53.0 Å². The minimum Gasteiger partial charge on any atom is -0.481 e. The van der Waals surface area contributed by atoms with Gasteiger partial charge in [0.15, 0.2) is 0 Å². The van der Waals surface area contributed by atoms with Crippen LogP contribution >= 0.6 is 33.9 Å². The molecule has 3 amide bonds. The van der Waals surface area contributed by atoms with Crippen molar-refractivity contribution in [2.24, 2.45) is 10.9 Å². The van der Waals surface area contributed by atoms with Crippen molar-refractivity contribution in [2.75, 3.05) is 18.0 Å². The first-order valence-corrected chi connectivity index (χ1v) is 15.8. The molecule has 11 heteroatoms. The van der Waals surface area contributed by atoms with Crippen LogP contribution in [-0.4, -0.2) is 52.2 Å². The minimum absolute atomic E-state index is 0.0250. The number of amides is 3. The van der Waals surface area contributed by atoms with E-state index in [1.807, 2.05) is 48.7 Å². The summed E-state index contributed by atoms with van der Waals surface area (Å²) in [6, 6.07) is 11.7. The third-order valence-corrected chi connectivity index (χ3v) is 8.82. The molecule has 0 bridgehead atoms. The van der Waals surface area contributed by atoms with Crippen LogP contribution in [0, 0.1) is 5.92 Å². The molecule has 40 heavy (non-hydrogen) atoms. The summed E-state index contributed by atoms with van der Waals surface area (Å²) in [5.74, 6) is -1.60. The largest absolute Gasteiger partial charge is 0.481 e. The number of carboxylic acid groups (broad SMARTS) is 1. The topological polar surface area (TPSA) is 121 Å². The molecule has 1 saturated carbocycles. The average Bonchev–Trinajstić information content (AvgIpc) is 3.54. The van der Waals surface area contributed by atoms with Crippen LogP contribution in [-0.2, 0) is 25.4 Å². The van der Waals surface area contributed by atoms with Gasteiger partial charge in [0.2, 0.25) is 11.8 Å². The number of thiophene rings is 1. The van der Waals surface area contributed by atoms with E-state index < -0.39 is 5.97 Å². The van der Waals surface area contributed by atoms with Gasteiger partial charge in [0, 0.05) is 41.3 Å². The maximum Gasteiger partial charge on any atom is 0.303 e. The van der Waals surface area contributed by atoms with Crippen LogP contribution < -0.4 is 10.2 Å². The number of aliphatic carboxylic acids is 1. The molecule has 4 rings (SSSR count). The number of carbonyl (C=O) groups excluding carboxylic acids is 3. The van der Waals surface area contributed by atoms with Crippen LogP contribution in [0.1, 0.15) is 61.5 Å². The fourth-order valence-corrected chi connectivity index (χ4v) is 6.27. The molecule has 0 radical (unpaired) electrons. The summed E-state index contributed by atoms with van der Waals surface area (Å²) in [6.45, 7) is 2.82.